The molecule has 1 aromatic heterocycles. The van der Waals surface area contributed by atoms with Crippen molar-refractivity contribution in [3.63, 3.8) is 0 Å². The maximum atomic E-state index is 11.5. The molecule has 7 heteroatoms. The third-order valence-corrected chi connectivity index (χ3v) is 3.17. The van der Waals surface area contributed by atoms with E-state index in [9.17, 15) is 9.59 Å². The van der Waals surface area contributed by atoms with E-state index in [2.05, 4.69) is 15.3 Å². The van der Waals surface area contributed by atoms with E-state index in [-0.39, 0.29) is 18.2 Å². The number of carbonyl (C=O) groups is 2. The van der Waals surface area contributed by atoms with Gasteiger partial charge in [0.2, 0.25) is 5.91 Å². The molecule has 0 aromatic carbocycles. The van der Waals surface area contributed by atoms with Crippen LogP contribution < -0.4 is 5.32 Å². The van der Waals surface area contributed by atoms with Gasteiger partial charge in [-0.05, 0) is 19.9 Å². The van der Waals surface area contributed by atoms with Gasteiger partial charge < -0.3 is 10.4 Å². The fourth-order valence-corrected chi connectivity index (χ4v) is 2.07. The molecule has 6 nitrogen and oxygen atoms in total. The Morgan fingerprint density at radius 3 is 2.47 bits per heavy atom. The summed E-state index contributed by atoms with van der Waals surface area (Å²) in [6.07, 6.45) is 0. The first-order valence-corrected chi connectivity index (χ1v) is 6.81. The molecule has 0 aliphatic carbocycles. The van der Waals surface area contributed by atoms with Crippen LogP contribution in [0.3, 0.4) is 0 Å². The van der Waals surface area contributed by atoms with Gasteiger partial charge in [-0.1, -0.05) is 18.7 Å². The smallest absolute Gasteiger partial charge is 0.308 e. The van der Waals surface area contributed by atoms with E-state index in [0.29, 0.717) is 5.16 Å². The Hall–Kier alpha value is -1.63. The van der Waals surface area contributed by atoms with Crippen LogP contribution in [0.1, 0.15) is 18.3 Å². The van der Waals surface area contributed by atoms with Crippen molar-refractivity contribution in [2.45, 2.75) is 25.9 Å². The number of carboxylic acid groups (broad SMARTS) is 1. The van der Waals surface area contributed by atoms with Gasteiger partial charge in [0, 0.05) is 17.9 Å². The van der Waals surface area contributed by atoms with Gasteiger partial charge in [0.1, 0.15) is 0 Å². The number of hydrogen-bond acceptors (Lipinski definition) is 5. The van der Waals surface area contributed by atoms with Crippen LogP contribution in [-0.2, 0) is 9.59 Å². The van der Waals surface area contributed by atoms with Crippen LogP contribution in [0.4, 0.5) is 0 Å². The minimum absolute atomic E-state index is 0.127. The second kappa shape index (κ2) is 7.08. The Kier molecular flexibility index (Phi) is 5.75. The zero-order chi connectivity index (χ0) is 14.4. The normalized spacial score (nSPS) is 11.9. The zero-order valence-corrected chi connectivity index (χ0v) is 12.0. The molecule has 0 aliphatic rings. The molecule has 1 aromatic rings. The van der Waals surface area contributed by atoms with Gasteiger partial charge in [-0.25, -0.2) is 9.97 Å². The standard InChI is InChI=1S/C12H17N3O3S/c1-7(11(17)18)5-13-10(16)6-19-12-14-8(2)4-9(3)15-12/h4,7H,5-6H2,1-3H3,(H,13,16)(H,17,18). The Balaban J connectivity index is 2.39. The Morgan fingerprint density at radius 1 is 1.37 bits per heavy atom. The van der Waals surface area contributed by atoms with E-state index < -0.39 is 11.9 Å². The van der Waals surface area contributed by atoms with Crippen LogP contribution >= 0.6 is 11.8 Å². The van der Waals surface area contributed by atoms with E-state index in [1.165, 1.54) is 11.8 Å². The van der Waals surface area contributed by atoms with Gasteiger partial charge in [-0.3, -0.25) is 9.59 Å². The number of aromatic nitrogens is 2. The molecule has 0 aliphatic heterocycles. The quantitative estimate of drug-likeness (QED) is 0.598. The second-order valence-corrected chi connectivity index (χ2v) is 5.21. The van der Waals surface area contributed by atoms with Crippen molar-refractivity contribution < 1.29 is 14.7 Å². The van der Waals surface area contributed by atoms with E-state index in [4.69, 9.17) is 5.11 Å². The molecule has 0 fully saturated rings. The fourth-order valence-electron chi connectivity index (χ4n) is 1.29. The van der Waals surface area contributed by atoms with Crippen molar-refractivity contribution >= 4 is 23.6 Å². The molecule has 0 bridgehead atoms. The largest absolute Gasteiger partial charge is 0.481 e. The highest BCUT2D eigenvalue weighted by atomic mass is 32.2. The fraction of sp³-hybridized carbons (Fsp3) is 0.500. The Labute approximate surface area is 116 Å². The molecule has 1 amide bonds. The average Bonchev–Trinajstić information content (AvgIpc) is 2.32. The summed E-state index contributed by atoms with van der Waals surface area (Å²) in [6.45, 7) is 5.41. The maximum Gasteiger partial charge on any atom is 0.308 e. The number of carboxylic acids is 1. The number of hydrogen-bond donors (Lipinski definition) is 2. The van der Waals surface area contributed by atoms with Crippen molar-refractivity contribution in [1.82, 2.24) is 15.3 Å². The molecule has 0 saturated heterocycles. The monoisotopic (exact) mass is 283 g/mol. The minimum Gasteiger partial charge on any atom is -0.481 e. The van der Waals surface area contributed by atoms with Gasteiger partial charge >= 0.3 is 5.97 Å². The molecule has 1 heterocycles. The second-order valence-electron chi connectivity index (χ2n) is 4.27. The van der Waals surface area contributed by atoms with Crippen LogP contribution in [0.25, 0.3) is 0 Å². The molecule has 1 rings (SSSR count). The first kappa shape index (κ1) is 15.4. The lowest BCUT2D eigenvalue weighted by Gasteiger charge is -2.08. The van der Waals surface area contributed by atoms with Crippen molar-refractivity contribution in [3.8, 4) is 0 Å². The highest BCUT2D eigenvalue weighted by Crippen LogP contribution is 2.13. The summed E-state index contributed by atoms with van der Waals surface area (Å²) >= 11 is 1.24. The molecule has 104 valence electrons. The Bertz CT molecular complexity index is 459. The number of aryl methyl sites for hydroxylation is 2. The lowest BCUT2D eigenvalue weighted by molar-refractivity contribution is -0.141. The van der Waals surface area contributed by atoms with E-state index >= 15 is 0 Å². The van der Waals surface area contributed by atoms with Crippen LogP contribution in [-0.4, -0.2) is 39.2 Å². The number of amides is 1. The van der Waals surface area contributed by atoms with Crippen LogP contribution in [0.15, 0.2) is 11.2 Å². The van der Waals surface area contributed by atoms with Crippen molar-refractivity contribution in [1.29, 1.82) is 0 Å². The highest BCUT2D eigenvalue weighted by Gasteiger charge is 2.12. The number of carbonyl (C=O) groups excluding carboxylic acids is 1. The zero-order valence-electron chi connectivity index (χ0n) is 11.1. The predicted molar refractivity (Wildman–Crippen MR) is 72.0 cm³/mol. The number of nitrogens with zero attached hydrogens (tertiary/aromatic N) is 2. The van der Waals surface area contributed by atoms with Gasteiger partial charge in [-0.15, -0.1) is 0 Å². The van der Waals surface area contributed by atoms with E-state index in [1.807, 2.05) is 19.9 Å². The summed E-state index contributed by atoms with van der Waals surface area (Å²) in [4.78, 5) is 30.5. The number of thioether (sulfide) groups is 1. The van der Waals surface area contributed by atoms with Crippen LogP contribution in [0, 0.1) is 19.8 Å². The van der Waals surface area contributed by atoms with Gasteiger partial charge in [0.25, 0.3) is 0 Å². The summed E-state index contributed by atoms with van der Waals surface area (Å²) in [7, 11) is 0. The van der Waals surface area contributed by atoms with Crippen molar-refractivity contribution in [2.75, 3.05) is 12.3 Å². The van der Waals surface area contributed by atoms with Crippen molar-refractivity contribution in [3.05, 3.63) is 17.5 Å². The van der Waals surface area contributed by atoms with E-state index in [1.54, 1.807) is 6.92 Å². The molecule has 2 N–H and O–H groups in total. The molecule has 1 atom stereocenters. The van der Waals surface area contributed by atoms with Gasteiger partial charge in [-0.2, -0.15) is 0 Å². The summed E-state index contributed by atoms with van der Waals surface area (Å²) in [5.74, 6) is -1.56. The number of nitrogens with one attached hydrogen (secondary N) is 1. The first-order valence-electron chi connectivity index (χ1n) is 5.83. The topological polar surface area (TPSA) is 92.2 Å². The summed E-state index contributed by atoms with van der Waals surface area (Å²) in [5, 5.41) is 11.8. The third-order valence-electron chi connectivity index (χ3n) is 2.32. The average molecular weight is 283 g/mol. The number of rotatable bonds is 6. The highest BCUT2D eigenvalue weighted by molar-refractivity contribution is 7.99. The van der Waals surface area contributed by atoms with Gasteiger partial charge in [0.05, 0.1) is 11.7 Å². The molecule has 0 spiro atoms. The summed E-state index contributed by atoms with van der Waals surface area (Å²) in [5.41, 5.74) is 1.71. The van der Waals surface area contributed by atoms with Crippen LogP contribution in [0.5, 0.6) is 0 Å². The lowest BCUT2D eigenvalue weighted by Crippen LogP contribution is -2.32. The summed E-state index contributed by atoms with van der Waals surface area (Å²) in [6, 6.07) is 1.86. The molecule has 0 saturated carbocycles. The lowest BCUT2D eigenvalue weighted by atomic mass is 10.2. The SMILES string of the molecule is Cc1cc(C)nc(SCC(=O)NCC(C)C(=O)O)n1. The van der Waals surface area contributed by atoms with Crippen LogP contribution in [0.2, 0.25) is 0 Å². The maximum absolute atomic E-state index is 11.5. The number of aliphatic carboxylic acids is 1. The molecular weight excluding hydrogens is 266 g/mol. The first-order chi connectivity index (χ1) is 8.88. The summed E-state index contributed by atoms with van der Waals surface area (Å²) < 4.78 is 0. The molecule has 19 heavy (non-hydrogen) atoms. The van der Waals surface area contributed by atoms with Gasteiger partial charge in [0.15, 0.2) is 5.16 Å². The molecular formula is C12H17N3O3S. The Morgan fingerprint density at radius 2 is 1.95 bits per heavy atom. The van der Waals surface area contributed by atoms with Crippen molar-refractivity contribution in [2.24, 2.45) is 5.92 Å². The third kappa shape index (κ3) is 5.69. The molecule has 1 unspecified atom stereocenters. The predicted octanol–water partition coefficient (Wildman–Crippen LogP) is 1.02. The molecule has 0 radical (unpaired) electrons. The van der Waals surface area contributed by atoms with E-state index in [0.717, 1.165) is 11.4 Å². The minimum atomic E-state index is -0.925.